The van der Waals surface area contributed by atoms with Crippen molar-refractivity contribution in [2.45, 2.75) is 13.8 Å². The highest BCUT2D eigenvalue weighted by molar-refractivity contribution is 5.90. The Labute approximate surface area is 149 Å². The molecule has 0 N–H and O–H groups in total. The van der Waals surface area contributed by atoms with Gasteiger partial charge in [0.15, 0.2) is 17.1 Å². The van der Waals surface area contributed by atoms with Crippen LogP contribution in [0, 0.1) is 13.8 Å². The lowest BCUT2D eigenvalue weighted by atomic mass is 10.1. The van der Waals surface area contributed by atoms with Crippen LogP contribution >= 0.6 is 0 Å². The number of benzene rings is 1. The fraction of sp³-hybridized carbons (Fsp3) is 0.105. The van der Waals surface area contributed by atoms with Gasteiger partial charge < -0.3 is 0 Å². The topological polar surface area (TPSA) is 73.8 Å². The first kappa shape index (κ1) is 14.7. The molecule has 0 aliphatic carbocycles. The third-order valence-corrected chi connectivity index (χ3v) is 4.35. The van der Waals surface area contributed by atoms with Gasteiger partial charge in [-0.3, -0.25) is 9.38 Å². The van der Waals surface area contributed by atoms with Gasteiger partial charge in [0, 0.05) is 18.0 Å². The Morgan fingerprint density at radius 3 is 2.54 bits per heavy atom. The average Bonchev–Trinajstić information content (AvgIpc) is 3.25. The molecule has 0 saturated heterocycles. The van der Waals surface area contributed by atoms with Crippen molar-refractivity contribution in [2.75, 3.05) is 0 Å². The molecule has 0 radical (unpaired) electrons. The van der Waals surface area contributed by atoms with Crippen molar-refractivity contribution in [3.63, 3.8) is 0 Å². The molecule has 5 rings (SSSR count). The molecule has 4 aromatic heterocycles. The lowest BCUT2D eigenvalue weighted by molar-refractivity contribution is 0.890. The molecule has 7 heteroatoms. The highest BCUT2D eigenvalue weighted by Gasteiger charge is 2.15. The smallest absolute Gasteiger partial charge is 0.175 e. The third kappa shape index (κ3) is 2.17. The molecule has 0 saturated carbocycles. The first-order chi connectivity index (χ1) is 12.7. The summed E-state index contributed by atoms with van der Waals surface area (Å²) in [5, 5.41) is 14.1. The fourth-order valence-corrected chi connectivity index (χ4v) is 3.27. The van der Waals surface area contributed by atoms with Crippen molar-refractivity contribution in [3.05, 3.63) is 66.4 Å². The zero-order chi connectivity index (χ0) is 17.7. The van der Waals surface area contributed by atoms with Crippen LogP contribution in [-0.2, 0) is 0 Å². The minimum absolute atomic E-state index is 0.710. The Bertz CT molecular complexity index is 1230. The summed E-state index contributed by atoms with van der Waals surface area (Å²) in [6.45, 7) is 4.15. The molecule has 4 heterocycles. The van der Waals surface area contributed by atoms with E-state index in [9.17, 15) is 0 Å². The molecule has 0 aliphatic heterocycles. The molecule has 26 heavy (non-hydrogen) atoms. The normalized spacial score (nSPS) is 11.5. The maximum atomic E-state index is 4.63. The van der Waals surface area contributed by atoms with Gasteiger partial charge in [-0.1, -0.05) is 6.07 Å². The van der Waals surface area contributed by atoms with E-state index < -0.39 is 0 Å². The zero-order valence-electron chi connectivity index (χ0n) is 14.3. The van der Waals surface area contributed by atoms with E-state index >= 15 is 0 Å². The van der Waals surface area contributed by atoms with Crippen LogP contribution in [-0.4, -0.2) is 34.3 Å². The van der Waals surface area contributed by atoms with Crippen molar-refractivity contribution >= 4 is 16.7 Å². The van der Waals surface area contributed by atoms with E-state index in [1.165, 1.54) is 11.1 Å². The van der Waals surface area contributed by atoms with Gasteiger partial charge in [0.05, 0.1) is 17.3 Å². The highest BCUT2D eigenvalue weighted by Crippen LogP contribution is 2.24. The van der Waals surface area contributed by atoms with Crippen LogP contribution in [0.2, 0.25) is 0 Å². The van der Waals surface area contributed by atoms with Gasteiger partial charge in [0.1, 0.15) is 6.33 Å². The van der Waals surface area contributed by atoms with E-state index in [0.717, 1.165) is 27.9 Å². The largest absolute Gasteiger partial charge is 0.264 e. The van der Waals surface area contributed by atoms with E-state index in [0.29, 0.717) is 5.82 Å². The summed E-state index contributed by atoms with van der Waals surface area (Å²) in [6, 6.07) is 10.2. The molecule has 7 nitrogen and oxygen atoms in total. The first-order valence-electron chi connectivity index (χ1n) is 8.27. The maximum Gasteiger partial charge on any atom is 0.175 e. The zero-order valence-corrected chi connectivity index (χ0v) is 14.3. The second kappa shape index (κ2) is 5.45. The molecule has 0 spiro atoms. The van der Waals surface area contributed by atoms with E-state index in [1.54, 1.807) is 24.9 Å². The van der Waals surface area contributed by atoms with Crippen molar-refractivity contribution in [1.82, 2.24) is 34.3 Å². The molecular weight excluding hydrogens is 326 g/mol. The number of aryl methyl sites for hydroxylation is 2. The SMILES string of the molecule is Cc1cc(C)cc(-n2ncc3c2ncn2c(-c4cccnc4)nnc32)c1. The first-order valence-corrected chi connectivity index (χ1v) is 8.27. The van der Waals surface area contributed by atoms with Crippen molar-refractivity contribution in [2.24, 2.45) is 0 Å². The van der Waals surface area contributed by atoms with Gasteiger partial charge in [0.25, 0.3) is 0 Å². The number of aromatic nitrogens is 7. The maximum absolute atomic E-state index is 4.63. The molecule has 0 amide bonds. The van der Waals surface area contributed by atoms with Crippen LogP contribution in [0.5, 0.6) is 0 Å². The summed E-state index contributed by atoms with van der Waals surface area (Å²) < 4.78 is 3.71. The predicted molar refractivity (Wildman–Crippen MR) is 98.1 cm³/mol. The second-order valence-electron chi connectivity index (χ2n) is 6.34. The van der Waals surface area contributed by atoms with E-state index in [4.69, 9.17) is 0 Å². The number of rotatable bonds is 2. The second-order valence-corrected chi connectivity index (χ2v) is 6.34. The number of hydrogen-bond donors (Lipinski definition) is 0. The highest BCUT2D eigenvalue weighted by atomic mass is 15.3. The Morgan fingerprint density at radius 1 is 0.923 bits per heavy atom. The number of hydrogen-bond acceptors (Lipinski definition) is 5. The lowest BCUT2D eigenvalue weighted by Gasteiger charge is -2.06. The minimum Gasteiger partial charge on any atom is -0.264 e. The standard InChI is InChI=1S/C19H15N7/c1-12-6-13(2)8-15(7-12)26-18-16(10-22-26)19-24-23-17(25(19)11-21-18)14-4-3-5-20-9-14/h3-11H,1-2H3. The van der Waals surface area contributed by atoms with Gasteiger partial charge in [0.2, 0.25) is 0 Å². The van der Waals surface area contributed by atoms with Gasteiger partial charge in [-0.2, -0.15) is 5.10 Å². The summed E-state index contributed by atoms with van der Waals surface area (Å²) in [5.74, 6) is 0.710. The summed E-state index contributed by atoms with van der Waals surface area (Å²) >= 11 is 0. The van der Waals surface area contributed by atoms with Gasteiger partial charge in [-0.25, -0.2) is 9.67 Å². The van der Waals surface area contributed by atoms with Crippen molar-refractivity contribution < 1.29 is 0 Å². The van der Waals surface area contributed by atoms with Crippen LogP contribution < -0.4 is 0 Å². The Balaban J connectivity index is 1.74. The van der Waals surface area contributed by atoms with Gasteiger partial charge in [-0.15, -0.1) is 10.2 Å². The Kier molecular flexibility index (Phi) is 3.08. The fourth-order valence-electron chi connectivity index (χ4n) is 3.27. The van der Waals surface area contributed by atoms with Crippen LogP contribution in [0.25, 0.3) is 33.8 Å². The van der Waals surface area contributed by atoms with Crippen LogP contribution in [0.3, 0.4) is 0 Å². The number of nitrogens with zero attached hydrogens (tertiary/aromatic N) is 7. The molecule has 0 fully saturated rings. The Morgan fingerprint density at radius 2 is 1.77 bits per heavy atom. The van der Waals surface area contributed by atoms with Crippen molar-refractivity contribution in [3.8, 4) is 17.1 Å². The number of fused-ring (bicyclic) bond motifs is 3. The molecule has 1 aromatic carbocycles. The van der Waals surface area contributed by atoms with Crippen molar-refractivity contribution in [1.29, 1.82) is 0 Å². The molecule has 0 unspecified atom stereocenters. The van der Waals surface area contributed by atoms with Gasteiger partial charge >= 0.3 is 0 Å². The van der Waals surface area contributed by atoms with Crippen LogP contribution in [0.1, 0.15) is 11.1 Å². The Hall–Kier alpha value is -3.61. The van der Waals surface area contributed by atoms with E-state index in [1.807, 2.05) is 21.2 Å². The molecule has 5 aromatic rings. The quantitative estimate of drug-likeness (QED) is 0.493. The summed E-state index contributed by atoms with van der Waals surface area (Å²) in [7, 11) is 0. The average molecular weight is 341 g/mol. The molecule has 0 atom stereocenters. The number of pyridine rings is 1. The predicted octanol–water partition coefficient (Wildman–Crippen LogP) is 3.14. The summed E-state index contributed by atoms with van der Waals surface area (Å²) in [6.07, 6.45) is 7.02. The molecular formula is C19H15N7. The molecule has 126 valence electrons. The van der Waals surface area contributed by atoms with Crippen LogP contribution in [0.4, 0.5) is 0 Å². The van der Waals surface area contributed by atoms with Crippen LogP contribution in [0.15, 0.2) is 55.2 Å². The summed E-state index contributed by atoms with van der Waals surface area (Å²) in [5.41, 5.74) is 5.73. The molecule has 0 bridgehead atoms. The minimum atomic E-state index is 0.710. The van der Waals surface area contributed by atoms with Gasteiger partial charge in [-0.05, 0) is 49.2 Å². The van der Waals surface area contributed by atoms with E-state index in [2.05, 4.69) is 57.3 Å². The third-order valence-electron chi connectivity index (χ3n) is 4.35. The monoisotopic (exact) mass is 341 g/mol. The van der Waals surface area contributed by atoms with E-state index in [-0.39, 0.29) is 0 Å². The lowest BCUT2D eigenvalue weighted by Crippen LogP contribution is -2.00. The summed E-state index contributed by atoms with van der Waals surface area (Å²) in [4.78, 5) is 8.78. The molecule has 0 aliphatic rings.